The van der Waals surface area contributed by atoms with Gasteiger partial charge in [0.25, 0.3) is 0 Å². The summed E-state index contributed by atoms with van der Waals surface area (Å²) in [5.41, 5.74) is 0.184. The Morgan fingerprint density at radius 1 is 0.931 bits per heavy atom. The molecule has 0 aliphatic carbocycles. The van der Waals surface area contributed by atoms with Gasteiger partial charge in [0.05, 0.1) is 12.5 Å². The minimum atomic E-state index is -7.45. The van der Waals surface area contributed by atoms with E-state index < -0.39 is 58.3 Å². The Morgan fingerprint density at radius 3 is 1.79 bits per heavy atom. The summed E-state index contributed by atoms with van der Waals surface area (Å²) >= 11 is 0. The highest BCUT2D eigenvalue weighted by molar-refractivity contribution is 7.88. The topological polar surface area (TPSA) is 80.7 Å². The van der Waals surface area contributed by atoms with Crippen molar-refractivity contribution in [3.8, 4) is 0 Å². The van der Waals surface area contributed by atoms with Gasteiger partial charge in [-0.15, -0.1) is 0 Å². The van der Waals surface area contributed by atoms with Crippen LogP contribution in [0.3, 0.4) is 0 Å². The minimum Gasteiger partial charge on any atom is -0.481 e. The van der Waals surface area contributed by atoms with E-state index in [1.807, 2.05) is 0 Å². The lowest BCUT2D eigenvalue weighted by Gasteiger charge is -2.34. The molecule has 15 heteroatoms. The lowest BCUT2D eigenvalue weighted by Crippen LogP contribution is -2.66. The molecule has 0 amide bonds. The maximum absolute atomic E-state index is 14.0. The molecule has 0 fully saturated rings. The van der Waals surface area contributed by atoms with E-state index >= 15 is 0 Å². The van der Waals surface area contributed by atoms with Crippen LogP contribution in [0.25, 0.3) is 0 Å². The predicted molar refractivity (Wildman–Crippen MR) is 77.0 cm³/mol. The minimum absolute atomic E-state index is 0.184. The van der Waals surface area contributed by atoms with Crippen LogP contribution < -0.4 is 0 Å². The van der Waals surface area contributed by atoms with E-state index in [0.717, 1.165) is 0 Å². The van der Waals surface area contributed by atoms with Gasteiger partial charge in [0.2, 0.25) is 0 Å². The average molecular weight is 462 g/mol. The Labute approximate surface area is 157 Å². The highest BCUT2D eigenvalue weighted by Crippen LogP contribution is 2.55. The van der Waals surface area contributed by atoms with E-state index in [-0.39, 0.29) is 5.56 Å². The maximum atomic E-state index is 14.0. The third kappa shape index (κ3) is 4.76. The van der Waals surface area contributed by atoms with Gasteiger partial charge in [0.1, 0.15) is 0 Å². The van der Waals surface area contributed by atoms with Gasteiger partial charge in [-0.2, -0.15) is 43.5 Å². The van der Waals surface area contributed by atoms with Crippen LogP contribution in [-0.4, -0.2) is 49.4 Å². The molecule has 1 aromatic rings. The number of carboxylic acids is 1. The number of aliphatic carboxylic acids is 1. The van der Waals surface area contributed by atoms with Crippen molar-refractivity contribution in [1.82, 2.24) is 0 Å². The van der Waals surface area contributed by atoms with Crippen molar-refractivity contribution in [3.05, 3.63) is 35.9 Å². The molecule has 0 aromatic heterocycles. The fraction of sp³-hybridized carbons (Fsp3) is 0.500. The van der Waals surface area contributed by atoms with Gasteiger partial charge in [0.15, 0.2) is 0 Å². The van der Waals surface area contributed by atoms with Crippen LogP contribution in [0, 0.1) is 5.92 Å². The molecule has 166 valence electrons. The quantitative estimate of drug-likeness (QED) is 0.471. The summed E-state index contributed by atoms with van der Waals surface area (Å²) in [6.45, 7) is -1.83. The fourth-order valence-corrected chi connectivity index (χ4v) is 3.25. The van der Waals surface area contributed by atoms with Gasteiger partial charge in [-0.3, -0.25) is 8.98 Å². The molecule has 5 nitrogen and oxygen atoms in total. The molecule has 0 saturated carbocycles. The standard InChI is InChI=1S/C14H11F9O5S/c15-11(16,13(18,19)20)12(17,14(21,22)23)29(26,27)28-7-9(10(24)25)6-8-4-2-1-3-5-8/h1-5,9H,6-7H2,(H,24,25). The normalized spacial score (nSPS) is 16.9. The molecule has 0 bridgehead atoms. The number of rotatable bonds is 8. The van der Waals surface area contributed by atoms with Crippen LogP contribution in [0.15, 0.2) is 30.3 Å². The van der Waals surface area contributed by atoms with Crippen LogP contribution in [-0.2, 0) is 25.5 Å². The summed E-state index contributed by atoms with van der Waals surface area (Å²) in [6, 6.07) is 6.88. The molecule has 1 N–H and O–H groups in total. The molecule has 0 spiro atoms. The molecule has 0 heterocycles. The zero-order chi connectivity index (χ0) is 22.9. The van der Waals surface area contributed by atoms with Gasteiger partial charge in [-0.25, -0.2) is 4.39 Å². The summed E-state index contributed by atoms with van der Waals surface area (Å²) < 4.78 is 142. The van der Waals surface area contributed by atoms with E-state index in [0.29, 0.717) is 0 Å². The number of benzene rings is 1. The molecule has 2 unspecified atom stereocenters. The van der Waals surface area contributed by atoms with Crippen LogP contribution in [0.4, 0.5) is 39.5 Å². The number of alkyl halides is 9. The zero-order valence-electron chi connectivity index (χ0n) is 13.8. The first-order valence-corrected chi connectivity index (χ1v) is 8.65. The summed E-state index contributed by atoms with van der Waals surface area (Å²) in [5.74, 6) is -11.3. The fourth-order valence-electron chi connectivity index (χ4n) is 2.03. The molecular formula is C14H11F9O5S. The summed E-state index contributed by atoms with van der Waals surface area (Å²) in [4.78, 5) is 11.1. The van der Waals surface area contributed by atoms with Crippen molar-refractivity contribution in [3.63, 3.8) is 0 Å². The molecule has 0 saturated heterocycles. The second-order valence-corrected chi connectivity index (χ2v) is 7.34. The van der Waals surface area contributed by atoms with Crippen molar-refractivity contribution >= 4 is 16.1 Å². The highest BCUT2D eigenvalue weighted by atomic mass is 32.2. The molecule has 1 aromatic carbocycles. The second-order valence-electron chi connectivity index (χ2n) is 5.63. The Balaban J connectivity index is 3.26. The number of carboxylic acid groups (broad SMARTS) is 1. The molecular weight excluding hydrogens is 451 g/mol. The van der Waals surface area contributed by atoms with Crippen molar-refractivity contribution in [1.29, 1.82) is 0 Å². The Morgan fingerprint density at radius 2 is 1.41 bits per heavy atom. The lowest BCUT2D eigenvalue weighted by atomic mass is 10.0. The molecule has 0 aliphatic rings. The first kappa shape index (κ1) is 25.0. The van der Waals surface area contributed by atoms with Gasteiger partial charge >= 0.3 is 39.4 Å². The molecule has 29 heavy (non-hydrogen) atoms. The Hall–Kier alpha value is -2.03. The van der Waals surface area contributed by atoms with E-state index in [1.165, 1.54) is 30.3 Å². The van der Waals surface area contributed by atoms with Gasteiger partial charge in [-0.1, -0.05) is 30.3 Å². The van der Waals surface area contributed by atoms with E-state index in [2.05, 4.69) is 4.18 Å². The SMILES string of the molecule is O=C(O)C(COS(=O)(=O)C(F)(C(F)(F)F)C(F)(F)C(F)(F)F)Cc1ccccc1. The Bertz CT molecular complexity index is 820. The Kier molecular flexibility index (Phi) is 6.90. The van der Waals surface area contributed by atoms with Crippen molar-refractivity contribution in [2.24, 2.45) is 5.92 Å². The lowest BCUT2D eigenvalue weighted by molar-refractivity contribution is -0.359. The summed E-state index contributed by atoms with van der Waals surface area (Å²) in [7, 11) is -7.37. The highest BCUT2D eigenvalue weighted by Gasteiger charge is 2.88. The monoisotopic (exact) mass is 462 g/mol. The molecule has 0 aliphatic heterocycles. The van der Waals surface area contributed by atoms with E-state index in [9.17, 15) is 52.7 Å². The second kappa shape index (κ2) is 8.01. The maximum Gasteiger partial charge on any atom is 0.458 e. The number of hydrogen-bond acceptors (Lipinski definition) is 4. The van der Waals surface area contributed by atoms with Gasteiger partial charge in [-0.05, 0) is 12.0 Å². The number of carbonyl (C=O) groups is 1. The van der Waals surface area contributed by atoms with Gasteiger partial charge in [0, 0.05) is 0 Å². The first-order valence-electron chi connectivity index (χ1n) is 7.24. The zero-order valence-corrected chi connectivity index (χ0v) is 14.6. The predicted octanol–water partition coefficient (Wildman–Crippen LogP) is 3.70. The molecule has 1 rings (SSSR count). The van der Waals surface area contributed by atoms with Crippen LogP contribution >= 0.6 is 0 Å². The number of halogens is 9. The molecule has 2 atom stereocenters. The molecule has 0 radical (unpaired) electrons. The average Bonchev–Trinajstić information content (AvgIpc) is 2.56. The third-order valence-electron chi connectivity index (χ3n) is 3.57. The van der Waals surface area contributed by atoms with Crippen LogP contribution in [0.2, 0.25) is 0 Å². The van der Waals surface area contributed by atoms with Crippen LogP contribution in [0.5, 0.6) is 0 Å². The van der Waals surface area contributed by atoms with Crippen molar-refractivity contribution < 1.29 is 62.0 Å². The van der Waals surface area contributed by atoms with Crippen molar-refractivity contribution in [2.45, 2.75) is 29.7 Å². The smallest absolute Gasteiger partial charge is 0.458 e. The van der Waals surface area contributed by atoms with E-state index in [4.69, 9.17) is 5.11 Å². The number of hydrogen-bond donors (Lipinski definition) is 1. The van der Waals surface area contributed by atoms with Gasteiger partial charge < -0.3 is 5.11 Å². The third-order valence-corrected chi connectivity index (χ3v) is 5.19. The van der Waals surface area contributed by atoms with Crippen LogP contribution in [0.1, 0.15) is 5.56 Å². The first-order chi connectivity index (χ1) is 12.9. The largest absolute Gasteiger partial charge is 0.481 e. The van der Waals surface area contributed by atoms with Crippen molar-refractivity contribution in [2.75, 3.05) is 6.61 Å². The van der Waals surface area contributed by atoms with E-state index in [1.54, 1.807) is 0 Å². The summed E-state index contributed by atoms with van der Waals surface area (Å²) in [6.07, 6.45) is -15.1. The summed E-state index contributed by atoms with van der Waals surface area (Å²) in [5, 5.41) is 1.76.